The molecular weight excluding hydrogens is 269 g/mol. The van der Waals surface area contributed by atoms with E-state index in [9.17, 15) is 9.18 Å². The van der Waals surface area contributed by atoms with Gasteiger partial charge in [0, 0.05) is 6.07 Å². The van der Waals surface area contributed by atoms with Gasteiger partial charge in [-0.1, -0.05) is 5.16 Å². The zero-order valence-corrected chi connectivity index (χ0v) is 10.4. The summed E-state index contributed by atoms with van der Waals surface area (Å²) in [6.07, 6.45) is -1.20. The topological polar surface area (TPSA) is 81.8 Å². The minimum atomic E-state index is -1.20. The summed E-state index contributed by atoms with van der Waals surface area (Å²) in [5.41, 5.74) is 0.573. The van der Waals surface area contributed by atoms with Crippen molar-refractivity contribution in [2.24, 2.45) is 0 Å². The Balaban J connectivity index is 2.14. The van der Waals surface area contributed by atoms with Crippen molar-refractivity contribution in [2.45, 2.75) is 13.1 Å². The molecule has 1 N–H and O–H groups in total. The largest absolute Gasteiger partial charge is 0.476 e. The number of carbonyl (C=O) groups is 1. The molecule has 1 aromatic carbocycles. The lowest BCUT2D eigenvalue weighted by atomic mass is 10.0. The Morgan fingerprint density at radius 1 is 1.40 bits per heavy atom. The molecule has 0 radical (unpaired) electrons. The predicted molar refractivity (Wildman–Crippen MR) is 64.5 cm³/mol. The van der Waals surface area contributed by atoms with E-state index >= 15 is 0 Å². The van der Waals surface area contributed by atoms with Crippen molar-refractivity contribution in [3.05, 3.63) is 29.5 Å². The van der Waals surface area contributed by atoms with Gasteiger partial charge in [0.05, 0.1) is 5.56 Å². The molecule has 0 amide bonds. The quantitative estimate of drug-likeness (QED) is 0.930. The fourth-order valence-corrected chi connectivity index (χ4v) is 1.95. The standard InChI is InChI=1S/C13H10FNO5/c1-6(14)7-2-8(12-11(3-7)18-5-19-12)10-4-9(13(16)17)15-20-10/h2-4,6H,5H2,1H3,(H,16,17). The SMILES string of the molecule is CC(F)c1cc2c(c(-c3cc(C(=O)O)no3)c1)OCO2. The summed E-state index contributed by atoms with van der Waals surface area (Å²) in [6.45, 7) is 1.41. The molecule has 1 unspecified atom stereocenters. The Hall–Kier alpha value is -2.57. The Kier molecular flexibility index (Phi) is 2.81. The van der Waals surface area contributed by atoms with Crippen molar-refractivity contribution in [1.82, 2.24) is 5.16 Å². The van der Waals surface area contributed by atoms with Gasteiger partial charge in [-0.3, -0.25) is 0 Å². The molecule has 7 heteroatoms. The number of fused-ring (bicyclic) bond motifs is 1. The minimum absolute atomic E-state index is 0.0202. The normalized spacial score (nSPS) is 14.3. The third-order valence-corrected chi connectivity index (χ3v) is 2.95. The van der Waals surface area contributed by atoms with Crippen LogP contribution in [0.4, 0.5) is 4.39 Å². The molecule has 1 aliphatic heterocycles. The smallest absolute Gasteiger partial charge is 0.358 e. The molecule has 2 heterocycles. The summed E-state index contributed by atoms with van der Waals surface area (Å²) in [5.74, 6) is -0.228. The van der Waals surface area contributed by atoms with Gasteiger partial charge in [-0.25, -0.2) is 9.18 Å². The maximum atomic E-state index is 13.5. The van der Waals surface area contributed by atoms with Crippen LogP contribution in [0.2, 0.25) is 0 Å². The van der Waals surface area contributed by atoms with E-state index in [1.807, 2.05) is 0 Å². The molecule has 0 fully saturated rings. The number of carboxylic acids is 1. The van der Waals surface area contributed by atoms with Crippen molar-refractivity contribution < 1.29 is 28.3 Å². The number of nitrogens with zero attached hydrogens (tertiary/aromatic N) is 1. The van der Waals surface area contributed by atoms with Gasteiger partial charge >= 0.3 is 5.97 Å². The number of rotatable bonds is 3. The fourth-order valence-electron chi connectivity index (χ4n) is 1.95. The van der Waals surface area contributed by atoms with E-state index < -0.39 is 12.1 Å². The minimum Gasteiger partial charge on any atom is -0.476 e. The highest BCUT2D eigenvalue weighted by Crippen LogP contribution is 2.44. The van der Waals surface area contributed by atoms with E-state index in [0.29, 0.717) is 22.6 Å². The zero-order chi connectivity index (χ0) is 14.3. The summed E-state index contributed by atoms with van der Waals surface area (Å²) >= 11 is 0. The van der Waals surface area contributed by atoms with Crippen LogP contribution in [0.1, 0.15) is 29.1 Å². The van der Waals surface area contributed by atoms with Crippen molar-refractivity contribution >= 4 is 5.97 Å². The van der Waals surface area contributed by atoms with Crippen LogP contribution >= 0.6 is 0 Å². The summed E-state index contributed by atoms with van der Waals surface area (Å²) in [4.78, 5) is 10.8. The van der Waals surface area contributed by atoms with Gasteiger partial charge in [-0.15, -0.1) is 0 Å². The predicted octanol–water partition coefficient (Wildman–Crippen LogP) is 2.80. The number of carboxylic acid groups (broad SMARTS) is 1. The summed E-state index contributed by atoms with van der Waals surface area (Å²) in [6, 6.07) is 4.33. The molecule has 2 aromatic rings. The molecule has 1 atom stereocenters. The highest BCUT2D eigenvalue weighted by atomic mass is 19.1. The molecule has 6 nitrogen and oxygen atoms in total. The first-order chi connectivity index (χ1) is 9.56. The monoisotopic (exact) mass is 279 g/mol. The van der Waals surface area contributed by atoms with Crippen molar-refractivity contribution in [1.29, 1.82) is 0 Å². The number of aromatic nitrogens is 1. The second kappa shape index (κ2) is 4.52. The summed E-state index contributed by atoms with van der Waals surface area (Å²) < 4.78 is 29.0. The Bertz CT molecular complexity index is 679. The van der Waals surface area contributed by atoms with Crippen LogP contribution in [-0.4, -0.2) is 23.0 Å². The van der Waals surface area contributed by atoms with Crippen molar-refractivity contribution in [3.8, 4) is 22.8 Å². The van der Waals surface area contributed by atoms with E-state index in [1.165, 1.54) is 19.1 Å². The number of alkyl halides is 1. The molecule has 1 aliphatic rings. The Morgan fingerprint density at radius 3 is 2.85 bits per heavy atom. The average Bonchev–Trinajstić information content (AvgIpc) is 3.06. The first-order valence-corrected chi connectivity index (χ1v) is 5.84. The van der Waals surface area contributed by atoms with E-state index in [1.54, 1.807) is 6.07 Å². The van der Waals surface area contributed by atoms with Gasteiger partial charge in [-0.2, -0.15) is 0 Å². The van der Waals surface area contributed by atoms with Crippen LogP contribution < -0.4 is 9.47 Å². The Morgan fingerprint density at radius 2 is 2.20 bits per heavy atom. The van der Waals surface area contributed by atoms with E-state index in [2.05, 4.69) is 5.16 Å². The maximum Gasteiger partial charge on any atom is 0.358 e. The van der Waals surface area contributed by atoms with Gasteiger partial charge in [0.1, 0.15) is 6.17 Å². The van der Waals surface area contributed by atoms with Gasteiger partial charge < -0.3 is 19.1 Å². The highest BCUT2D eigenvalue weighted by molar-refractivity contribution is 5.87. The van der Waals surface area contributed by atoms with Gasteiger partial charge in [-0.05, 0) is 24.6 Å². The number of benzene rings is 1. The van der Waals surface area contributed by atoms with Crippen LogP contribution in [0.5, 0.6) is 11.5 Å². The third-order valence-electron chi connectivity index (χ3n) is 2.95. The molecule has 0 saturated carbocycles. The molecule has 0 aliphatic carbocycles. The van der Waals surface area contributed by atoms with Crippen LogP contribution in [0.3, 0.4) is 0 Å². The maximum absolute atomic E-state index is 13.5. The molecular formula is C13H10FNO5. The second-order valence-electron chi connectivity index (χ2n) is 4.30. The Labute approximate surface area is 112 Å². The fraction of sp³-hybridized carbons (Fsp3) is 0.231. The molecule has 0 bridgehead atoms. The number of ether oxygens (including phenoxy) is 2. The highest BCUT2D eigenvalue weighted by Gasteiger charge is 2.25. The first-order valence-electron chi connectivity index (χ1n) is 5.84. The third kappa shape index (κ3) is 1.97. The lowest BCUT2D eigenvalue weighted by Crippen LogP contribution is -1.94. The van der Waals surface area contributed by atoms with Crippen LogP contribution in [0, 0.1) is 0 Å². The first kappa shape index (κ1) is 12.5. The molecule has 3 rings (SSSR count). The van der Waals surface area contributed by atoms with E-state index in [4.69, 9.17) is 19.1 Å². The van der Waals surface area contributed by atoms with Crippen LogP contribution in [-0.2, 0) is 0 Å². The number of hydrogen-bond donors (Lipinski definition) is 1. The lowest BCUT2D eigenvalue weighted by Gasteiger charge is -2.07. The lowest BCUT2D eigenvalue weighted by molar-refractivity contribution is 0.0686. The number of aromatic carboxylic acids is 1. The van der Waals surface area contributed by atoms with Crippen molar-refractivity contribution in [3.63, 3.8) is 0 Å². The van der Waals surface area contributed by atoms with E-state index in [0.717, 1.165) is 0 Å². The molecule has 104 valence electrons. The molecule has 0 saturated heterocycles. The zero-order valence-electron chi connectivity index (χ0n) is 10.4. The van der Waals surface area contributed by atoms with E-state index in [-0.39, 0.29) is 18.2 Å². The van der Waals surface area contributed by atoms with Crippen LogP contribution in [0.15, 0.2) is 22.7 Å². The van der Waals surface area contributed by atoms with Gasteiger partial charge in [0.25, 0.3) is 0 Å². The van der Waals surface area contributed by atoms with Gasteiger partial charge in [0.2, 0.25) is 6.79 Å². The van der Waals surface area contributed by atoms with Gasteiger partial charge in [0.15, 0.2) is 23.0 Å². The molecule has 0 spiro atoms. The molecule has 1 aromatic heterocycles. The van der Waals surface area contributed by atoms with Crippen LogP contribution in [0.25, 0.3) is 11.3 Å². The number of hydrogen-bond acceptors (Lipinski definition) is 5. The number of halogens is 1. The van der Waals surface area contributed by atoms with Crippen molar-refractivity contribution in [2.75, 3.05) is 6.79 Å². The summed E-state index contributed by atoms with van der Waals surface area (Å²) in [5, 5.41) is 12.3. The average molecular weight is 279 g/mol. The molecule has 20 heavy (non-hydrogen) atoms. The second-order valence-corrected chi connectivity index (χ2v) is 4.30. The summed E-state index contributed by atoms with van der Waals surface area (Å²) in [7, 11) is 0.